The van der Waals surface area contributed by atoms with Crippen LogP contribution in [0.25, 0.3) is 0 Å². The summed E-state index contributed by atoms with van der Waals surface area (Å²) in [7, 11) is 0. The molecule has 2 N–H and O–H groups in total. The SMILES string of the molecule is O=C1CC(C(=O)NC2CCOc3ccccc32)c2ccc(F)cc2N1. The molecule has 4 rings (SSSR count). The van der Waals surface area contributed by atoms with Crippen LogP contribution in [-0.4, -0.2) is 18.4 Å². The topological polar surface area (TPSA) is 67.4 Å². The van der Waals surface area contributed by atoms with Gasteiger partial charge in [0.25, 0.3) is 0 Å². The number of para-hydroxylation sites is 1. The second-order valence-corrected chi connectivity index (χ2v) is 6.27. The van der Waals surface area contributed by atoms with Crippen molar-refractivity contribution in [2.75, 3.05) is 11.9 Å². The summed E-state index contributed by atoms with van der Waals surface area (Å²) in [5.41, 5.74) is 1.93. The zero-order valence-electron chi connectivity index (χ0n) is 13.4. The molecule has 2 unspecified atom stereocenters. The molecular formula is C19H17FN2O3. The standard InChI is InChI=1S/C19H17FN2O3/c20-11-5-6-12-14(10-18(23)21-16(12)9-11)19(24)22-15-7-8-25-17-4-2-1-3-13(15)17/h1-6,9,14-15H,7-8,10H2,(H,21,23)(H,22,24). The first-order chi connectivity index (χ1) is 12.1. The second-order valence-electron chi connectivity index (χ2n) is 6.27. The molecule has 5 nitrogen and oxygen atoms in total. The summed E-state index contributed by atoms with van der Waals surface area (Å²) in [5, 5.41) is 5.65. The fraction of sp³-hybridized carbons (Fsp3) is 0.263. The van der Waals surface area contributed by atoms with Crippen molar-refractivity contribution in [3.8, 4) is 5.75 Å². The number of ether oxygens (including phenoxy) is 1. The molecule has 0 bridgehead atoms. The molecule has 2 amide bonds. The highest BCUT2D eigenvalue weighted by atomic mass is 19.1. The van der Waals surface area contributed by atoms with Gasteiger partial charge in [-0.3, -0.25) is 9.59 Å². The predicted molar refractivity (Wildman–Crippen MR) is 89.8 cm³/mol. The number of hydrogen-bond acceptors (Lipinski definition) is 3. The lowest BCUT2D eigenvalue weighted by Gasteiger charge is -2.30. The van der Waals surface area contributed by atoms with E-state index in [4.69, 9.17) is 4.74 Å². The first-order valence-electron chi connectivity index (χ1n) is 8.23. The van der Waals surface area contributed by atoms with Gasteiger partial charge in [-0.1, -0.05) is 24.3 Å². The van der Waals surface area contributed by atoms with Gasteiger partial charge in [-0.2, -0.15) is 0 Å². The molecule has 2 aromatic rings. The molecule has 0 radical (unpaired) electrons. The van der Waals surface area contributed by atoms with E-state index in [1.165, 1.54) is 12.1 Å². The van der Waals surface area contributed by atoms with Crippen LogP contribution in [0.1, 0.15) is 35.9 Å². The van der Waals surface area contributed by atoms with E-state index in [-0.39, 0.29) is 24.3 Å². The Labute approximate surface area is 144 Å². The Morgan fingerprint density at radius 2 is 2.04 bits per heavy atom. The molecule has 2 atom stereocenters. The number of halogens is 1. The summed E-state index contributed by atoms with van der Waals surface area (Å²) in [6, 6.07) is 11.5. The van der Waals surface area contributed by atoms with E-state index in [2.05, 4.69) is 10.6 Å². The van der Waals surface area contributed by atoms with Crippen LogP contribution in [0, 0.1) is 5.82 Å². The Morgan fingerprint density at radius 1 is 1.20 bits per heavy atom. The molecule has 0 aromatic heterocycles. The van der Waals surface area contributed by atoms with Gasteiger partial charge in [0.1, 0.15) is 11.6 Å². The van der Waals surface area contributed by atoms with E-state index in [0.717, 1.165) is 11.3 Å². The van der Waals surface area contributed by atoms with Crippen molar-refractivity contribution < 1.29 is 18.7 Å². The average Bonchev–Trinajstić information content (AvgIpc) is 2.61. The Balaban J connectivity index is 1.60. The van der Waals surface area contributed by atoms with Gasteiger partial charge in [-0.05, 0) is 23.8 Å². The Bertz CT molecular complexity index is 852. The van der Waals surface area contributed by atoms with Gasteiger partial charge in [0.15, 0.2) is 0 Å². The molecule has 0 aliphatic carbocycles. The van der Waals surface area contributed by atoms with Gasteiger partial charge in [-0.25, -0.2) is 4.39 Å². The molecule has 0 spiro atoms. The molecule has 2 heterocycles. The van der Waals surface area contributed by atoms with E-state index < -0.39 is 11.7 Å². The maximum absolute atomic E-state index is 13.4. The molecule has 25 heavy (non-hydrogen) atoms. The van der Waals surface area contributed by atoms with Crippen LogP contribution in [0.2, 0.25) is 0 Å². The highest BCUT2D eigenvalue weighted by Crippen LogP contribution is 2.35. The Morgan fingerprint density at radius 3 is 2.92 bits per heavy atom. The predicted octanol–water partition coefficient (Wildman–Crippen LogP) is 2.89. The lowest BCUT2D eigenvalue weighted by molar-refractivity contribution is -0.127. The smallest absolute Gasteiger partial charge is 0.228 e. The van der Waals surface area contributed by atoms with Crippen molar-refractivity contribution in [3.05, 3.63) is 59.4 Å². The molecule has 2 aliphatic rings. The molecule has 6 heteroatoms. The number of benzene rings is 2. The molecule has 0 fully saturated rings. The third kappa shape index (κ3) is 2.95. The van der Waals surface area contributed by atoms with Gasteiger partial charge in [0, 0.05) is 24.1 Å². The van der Waals surface area contributed by atoms with E-state index in [1.54, 1.807) is 6.07 Å². The summed E-state index contributed by atoms with van der Waals surface area (Å²) in [4.78, 5) is 24.8. The number of fused-ring (bicyclic) bond motifs is 2. The first-order valence-corrected chi connectivity index (χ1v) is 8.23. The van der Waals surface area contributed by atoms with Gasteiger partial charge >= 0.3 is 0 Å². The largest absolute Gasteiger partial charge is 0.493 e. The van der Waals surface area contributed by atoms with Crippen LogP contribution in [0.15, 0.2) is 42.5 Å². The summed E-state index contributed by atoms with van der Waals surface area (Å²) in [5.74, 6) is -0.823. The monoisotopic (exact) mass is 340 g/mol. The van der Waals surface area contributed by atoms with Crippen molar-refractivity contribution in [2.24, 2.45) is 0 Å². The minimum Gasteiger partial charge on any atom is -0.493 e. The lowest BCUT2D eigenvalue weighted by Crippen LogP contribution is -2.38. The average molecular weight is 340 g/mol. The fourth-order valence-electron chi connectivity index (χ4n) is 3.44. The quantitative estimate of drug-likeness (QED) is 0.883. The minimum absolute atomic E-state index is 0.0509. The number of amides is 2. The van der Waals surface area contributed by atoms with Gasteiger partial charge in [0.2, 0.25) is 11.8 Å². The molecule has 2 aliphatic heterocycles. The number of rotatable bonds is 2. The minimum atomic E-state index is -0.626. The molecule has 128 valence electrons. The van der Waals surface area contributed by atoms with Crippen molar-refractivity contribution >= 4 is 17.5 Å². The van der Waals surface area contributed by atoms with Crippen molar-refractivity contribution in [1.82, 2.24) is 5.32 Å². The number of nitrogens with one attached hydrogen (secondary N) is 2. The summed E-state index contributed by atoms with van der Waals surface area (Å²) in [6.07, 6.45) is 0.716. The van der Waals surface area contributed by atoms with Crippen LogP contribution < -0.4 is 15.4 Å². The number of carbonyl (C=O) groups excluding carboxylic acids is 2. The van der Waals surface area contributed by atoms with E-state index in [1.807, 2.05) is 24.3 Å². The zero-order valence-corrected chi connectivity index (χ0v) is 13.4. The van der Waals surface area contributed by atoms with E-state index in [9.17, 15) is 14.0 Å². The van der Waals surface area contributed by atoms with Crippen LogP contribution in [0.3, 0.4) is 0 Å². The van der Waals surface area contributed by atoms with Gasteiger partial charge < -0.3 is 15.4 Å². The van der Waals surface area contributed by atoms with Gasteiger partial charge in [-0.15, -0.1) is 0 Å². The molecular weight excluding hydrogens is 323 g/mol. The Hall–Kier alpha value is -2.89. The number of hydrogen-bond donors (Lipinski definition) is 2. The van der Waals surface area contributed by atoms with Crippen molar-refractivity contribution in [3.63, 3.8) is 0 Å². The maximum atomic E-state index is 13.4. The summed E-state index contributed by atoms with van der Waals surface area (Å²) < 4.78 is 19.0. The Kier molecular flexibility index (Phi) is 3.87. The van der Waals surface area contributed by atoms with Crippen LogP contribution >= 0.6 is 0 Å². The van der Waals surface area contributed by atoms with Crippen molar-refractivity contribution in [2.45, 2.75) is 24.8 Å². The van der Waals surface area contributed by atoms with Crippen molar-refractivity contribution in [1.29, 1.82) is 0 Å². The highest BCUT2D eigenvalue weighted by molar-refractivity contribution is 6.01. The van der Waals surface area contributed by atoms with Crippen LogP contribution in [0.5, 0.6) is 5.75 Å². The van der Waals surface area contributed by atoms with E-state index in [0.29, 0.717) is 24.3 Å². The lowest BCUT2D eigenvalue weighted by atomic mass is 9.89. The molecule has 2 aromatic carbocycles. The summed E-state index contributed by atoms with van der Waals surface area (Å²) >= 11 is 0. The van der Waals surface area contributed by atoms with Gasteiger partial charge in [0.05, 0.1) is 18.6 Å². The highest BCUT2D eigenvalue weighted by Gasteiger charge is 2.33. The zero-order chi connectivity index (χ0) is 17.4. The van der Waals surface area contributed by atoms with E-state index >= 15 is 0 Å². The van der Waals surface area contributed by atoms with Crippen LogP contribution in [0.4, 0.5) is 10.1 Å². The maximum Gasteiger partial charge on any atom is 0.228 e. The summed E-state index contributed by atoms with van der Waals surface area (Å²) in [6.45, 7) is 0.523. The van der Waals surface area contributed by atoms with Crippen LogP contribution in [-0.2, 0) is 9.59 Å². The number of carbonyl (C=O) groups is 2. The fourth-order valence-corrected chi connectivity index (χ4v) is 3.44. The third-order valence-corrected chi connectivity index (χ3v) is 4.65. The first kappa shape index (κ1) is 15.6. The second kappa shape index (κ2) is 6.20. The molecule has 0 saturated heterocycles. The number of anilines is 1. The normalized spacial score (nSPS) is 21.4. The third-order valence-electron chi connectivity index (χ3n) is 4.65. The molecule has 0 saturated carbocycles.